The summed E-state index contributed by atoms with van der Waals surface area (Å²) in [5.74, 6) is -1.62. The molecule has 0 aliphatic rings. The van der Waals surface area contributed by atoms with Crippen LogP contribution >= 0.6 is 11.6 Å². The molecule has 7 nitrogen and oxygen atoms in total. The molecular weight excluding hydrogens is 493 g/mol. The third-order valence-corrected chi connectivity index (χ3v) is 6.62. The lowest BCUT2D eigenvalue weighted by Gasteiger charge is -2.34. The Kier molecular flexibility index (Phi) is 9.30. The number of aryl methyl sites for hydroxylation is 1. The summed E-state index contributed by atoms with van der Waals surface area (Å²) in [7, 11) is -3.93. The Hall–Kier alpha value is -2.65. The van der Waals surface area contributed by atoms with E-state index in [0.717, 1.165) is 33.8 Å². The Morgan fingerprint density at radius 3 is 2.31 bits per heavy atom. The van der Waals surface area contributed by atoms with Gasteiger partial charge >= 0.3 is 0 Å². The minimum Gasteiger partial charge on any atom is -0.350 e. The van der Waals surface area contributed by atoms with E-state index in [4.69, 9.17) is 11.6 Å². The number of nitrogens with zero attached hydrogens (tertiary/aromatic N) is 2. The van der Waals surface area contributed by atoms with E-state index in [9.17, 15) is 22.4 Å². The van der Waals surface area contributed by atoms with Crippen LogP contribution in [0.5, 0.6) is 0 Å². The van der Waals surface area contributed by atoms with Crippen molar-refractivity contribution < 1.29 is 22.4 Å². The van der Waals surface area contributed by atoms with Crippen LogP contribution in [0.2, 0.25) is 5.02 Å². The lowest BCUT2D eigenvalue weighted by Crippen LogP contribution is -2.55. The molecule has 0 radical (unpaired) electrons. The number of rotatable bonds is 9. The molecule has 192 valence electrons. The predicted molar refractivity (Wildman–Crippen MR) is 137 cm³/mol. The Bertz CT molecular complexity index is 1180. The van der Waals surface area contributed by atoms with Crippen LogP contribution in [0, 0.1) is 12.7 Å². The molecule has 1 atom stereocenters. The number of halogens is 2. The highest BCUT2D eigenvalue weighted by Gasteiger charge is 2.33. The van der Waals surface area contributed by atoms with Crippen molar-refractivity contribution in [2.75, 3.05) is 17.1 Å². The SMILES string of the molecule is CC[C@@H](C(=O)NC(C)(C)C)N(Cc1cccc(C)c1)C(=O)CN(c1ccc(F)c(Cl)c1)S(C)(=O)=O. The zero-order valence-corrected chi connectivity index (χ0v) is 22.5. The van der Waals surface area contributed by atoms with Gasteiger partial charge in [0.2, 0.25) is 21.8 Å². The van der Waals surface area contributed by atoms with Gasteiger partial charge in [0.1, 0.15) is 18.4 Å². The van der Waals surface area contributed by atoms with Crippen molar-refractivity contribution >= 4 is 39.1 Å². The van der Waals surface area contributed by atoms with E-state index in [1.54, 1.807) is 6.92 Å². The van der Waals surface area contributed by atoms with Crippen molar-refractivity contribution in [2.24, 2.45) is 0 Å². The molecule has 10 heteroatoms. The van der Waals surface area contributed by atoms with E-state index in [-0.39, 0.29) is 23.2 Å². The van der Waals surface area contributed by atoms with Crippen LogP contribution in [-0.4, -0.2) is 49.5 Å². The van der Waals surface area contributed by atoms with Gasteiger partial charge in [0.25, 0.3) is 0 Å². The van der Waals surface area contributed by atoms with Gasteiger partial charge in [-0.15, -0.1) is 0 Å². The molecule has 2 aromatic rings. The largest absolute Gasteiger partial charge is 0.350 e. The van der Waals surface area contributed by atoms with Crippen LogP contribution in [0.4, 0.5) is 10.1 Å². The molecule has 0 aliphatic heterocycles. The first kappa shape index (κ1) is 28.6. The molecule has 0 saturated carbocycles. The standard InChI is InChI=1S/C25H33ClFN3O4S/c1-7-22(24(32)28-25(3,4)5)29(15-18-10-8-9-17(2)13-18)23(31)16-30(35(6,33)34)19-11-12-21(27)20(26)14-19/h8-14,22H,7,15-16H2,1-6H3,(H,28,32)/t22-/m0/s1. The van der Waals surface area contributed by atoms with E-state index in [2.05, 4.69) is 5.32 Å². The van der Waals surface area contributed by atoms with Gasteiger partial charge < -0.3 is 10.2 Å². The predicted octanol–water partition coefficient (Wildman–Crippen LogP) is 4.28. The van der Waals surface area contributed by atoms with Crippen molar-refractivity contribution in [2.45, 2.75) is 59.2 Å². The van der Waals surface area contributed by atoms with Gasteiger partial charge in [-0.2, -0.15) is 0 Å². The summed E-state index contributed by atoms with van der Waals surface area (Å²) in [5, 5.41) is 2.64. The van der Waals surface area contributed by atoms with Gasteiger partial charge in [-0.05, 0) is 57.9 Å². The second-order valence-corrected chi connectivity index (χ2v) is 11.9. The normalized spacial score (nSPS) is 12.7. The van der Waals surface area contributed by atoms with Gasteiger partial charge in [0.05, 0.1) is 17.0 Å². The number of sulfonamides is 1. The number of hydrogen-bond donors (Lipinski definition) is 1. The third kappa shape index (κ3) is 8.21. The quantitative estimate of drug-likeness (QED) is 0.529. The molecule has 0 heterocycles. The number of carbonyl (C=O) groups excluding carboxylic acids is 2. The van der Waals surface area contributed by atoms with Crippen LogP contribution in [0.1, 0.15) is 45.2 Å². The first-order valence-electron chi connectivity index (χ1n) is 11.2. The molecule has 0 aromatic heterocycles. The minimum atomic E-state index is -3.93. The molecule has 2 rings (SSSR count). The molecule has 0 aliphatic carbocycles. The Labute approximate surface area is 212 Å². The van der Waals surface area contributed by atoms with Crippen LogP contribution < -0.4 is 9.62 Å². The van der Waals surface area contributed by atoms with Gasteiger partial charge in [-0.1, -0.05) is 48.4 Å². The van der Waals surface area contributed by atoms with E-state index >= 15 is 0 Å². The average molecular weight is 526 g/mol. The lowest BCUT2D eigenvalue weighted by molar-refractivity contribution is -0.141. The fourth-order valence-corrected chi connectivity index (χ4v) is 4.65. The fourth-order valence-electron chi connectivity index (χ4n) is 3.63. The summed E-state index contributed by atoms with van der Waals surface area (Å²) in [4.78, 5) is 28.1. The topological polar surface area (TPSA) is 86.8 Å². The van der Waals surface area contributed by atoms with Gasteiger partial charge in [-0.3, -0.25) is 13.9 Å². The summed E-state index contributed by atoms with van der Waals surface area (Å²) < 4.78 is 39.7. The van der Waals surface area contributed by atoms with Crippen molar-refractivity contribution in [1.82, 2.24) is 10.2 Å². The first-order chi connectivity index (χ1) is 16.1. The average Bonchev–Trinajstić information content (AvgIpc) is 2.71. The van der Waals surface area contributed by atoms with Crippen molar-refractivity contribution in [3.63, 3.8) is 0 Å². The summed E-state index contributed by atoms with van der Waals surface area (Å²) in [6, 6.07) is 10.1. The first-order valence-corrected chi connectivity index (χ1v) is 13.4. The monoisotopic (exact) mass is 525 g/mol. The summed E-state index contributed by atoms with van der Waals surface area (Å²) in [6.07, 6.45) is 1.27. The van der Waals surface area contributed by atoms with Crippen LogP contribution in [0.25, 0.3) is 0 Å². The van der Waals surface area contributed by atoms with Crippen LogP contribution in [0.15, 0.2) is 42.5 Å². The fraction of sp³-hybridized carbons (Fsp3) is 0.440. The smallest absolute Gasteiger partial charge is 0.244 e. The maximum Gasteiger partial charge on any atom is 0.244 e. The number of nitrogens with one attached hydrogen (secondary N) is 1. The molecule has 1 N–H and O–H groups in total. The van der Waals surface area contributed by atoms with E-state index in [1.165, 1.54) is 11.0 Å². The summed E-state index contributed by atoms with van der Waals surface area (Å²) in [6.45, 7) is 8.76. The van der Waals surface area contributed by atoms with Crippen LogP contribution in [0.3, 0.4) is 0 Å². The molecule has 0 unspecified atom stereocenters. The van der Waals surface area contributed by atoms with E-state index < -0.39 is 39.9 Å². The minimum absolute atomic E-state index is 0.0509. The number of amides is 2. The maximum atomic E-state index is 13.7. The highest BCUT2D eigenvalue weighted by Crippen LogP contribution is 2.25. The Morgan fingerprint density at radius 2 is 1.80 bits per heavy atom. The van der Waals surface area contributed by atoms with Gasteiger partial charge in [0, 0.05) is 12.1 Å². The molecule has 35 heavy (non-hydrogen) atoms. The van der Waals surface area contributed by atoms with Gasteiger partial charge in [0.15, 0.2) is 0 Å². The lowest BCUT2D eigenvalue weighted by atomic mass is 10.0. The molecular formula is C25H33ClFN3O4S. The molecule has 2 aromatic carbocycles. The van der Waals surface area contributed by atoms with Crippen LogP contribution in [-0.2, 0) is 26.2 Å². The van der Waals surface area contributed by atoms with Gasteiger partial charge in [-0.25, -0.2) is 12.8 Å². The number of anilines is 1. The van der Waals surface area contributed by atoms with Crippen molar-refractivity contribution in [3.8, 4) is 0 Å². The number of hydrogen-bond acceptors (Lipinski definition) is 4. The molecule has 0 fully saturated rings. The maximum absolute atomic E-state index is 13.7. The van der Waals surface area contributed by atoms with E-state index in [1.807, 2.05) is 52.0 Å². The highest BCUT2D eigenvalue weighted by atomic mass is 35.5. The second kappa shape index (κ2) is 11.4. The highest BCUT2D eigenvalue weighted by molar-refractivity contribution is 7.92. The molecule has 0 spiro atoms. The zero-order valence-electron chi connectivity index (χ0n) is 20.9. The summed E-state index contributed by atoms with van der Waals surface area (Å²) >= 11 is 5.86. The Morgan fingerprint density at radius 1 is 1.14 bits per heavy atom. The van der Waals surface area contributed by atoms with Crippen molar-refractivity contribution in [1.29, 1.82) is 0 Å². The Balaban J connectivity index is 2.48. The molecule has 0 saturated heterocycles. The van der Waals surface area contributed by atoms with Crippen molar-refractivity contribution in [3.05, 3.63) is 64.4 Å². The molecule has 0 bridgehead atoms. The number of benzene rings is 2. The number of carbonyl (C=O) groups is 2. The molecule has 2 amide bonds. The third-order valence-electron chi connectivity index (χ3n) is 5.19. The second-order valence-electron chi connectivity index (χ2n) is 9.54. The zero-order chi connectivity index (χ0) is 26.6. The van der Waals surface area contributed by atoms with E-state index in [0.29, 0.717) is 6.42 Å². The summed E-state index contributed by atoms with van der Waals surface area (Å²) in [5.41, 5.74) is 1.32.